The van der Waals surface area contributed by atoms with Crippen LogP contribution >= 0.6 is 0 Å². The lowest BCUT2D eigenvalue weighted by atomic mass is 9.94. The number of pyridine rings is 1. The lowest BCUT2D eigenvalue weighted by molar-refractivity contribution is -0.202. The molecule has 3 atom stereocenters. The van der Waals surface area contributed by atoms with Gasteiger partial charge in [-0.05, 0) is 47.9 Å². The van der Waals surface area contributed by atoms with Gasteiger partial charge in [0.05, 0.1) is 6.04 Å². The van der Waals surface area contributed by atoms with Gasteiger partial charge in [-0.1, -0.05) is 36.4 Å². The van der Waals surface area contributed by atoms with E-state index in [1.807, 2.05) is 49.5 Å². The lowest BCUT2D eigenvalue weighted by Gasteiger charge is -2.40. The molecule has 2 saturated heterocycles. The molecule has 4 heterocycles. The van der Waals surface area contributed by atoms with Crippen molar-refractivity contribution < 1.29 is 27.5 Å². The fourth-order valence-electron chi connectivity index (χ4n) is 6.17. The van der Waals surface area contributed by atoms with Crippen LogP contribution in [0.3, 0.4) is 0 Å². The fourth-order valence-corrected chi connectivity index (χ4v) is 6.17. The van der Waals surface area contributed by atoms with Crippen molar-refractivity contribution in [2.24, 2.45) is 5.92 Å². The molecule has 2 fully saturated rings. The molecule has 3 aliphatic rings. The summed E-state index contributed by atoms with van der Waals surface area (Å²) in [4.78, 5) is 35.8. The largest absolute Gasteiger partial charge is 0.492 e. The molecule has 3 aliphatic heterocycles. The van der Waals surface area contributed by atoms with Crippen molar-refractivity contribution in [3.05, 3.63) is 89.1 Å². The summed E-state index contributed by atoms with van der Waals surface area (Å²) >= 11 is 0. The van der Waals surface area contributed by atoms with Gasteiger partial charge in [0.2, 0.25) is 5.91 Å². The zero-order valence-electron chi connectivity index (χ0n) is 23.7. The van der Waals surface area contributed by atoms with Crippen molar-refractivity contribution in [3.63, 3.8) is 0 Å². The van der Waals surface area contributed by atoms with Crippen molar-refractivity contribution in [2.75, 3.05) is 44.2 Å². The third-order valence-corrected chi connectivity index (χ3v) is 8.41. The van der Waals surface area contributed by atoms with E-state index in [9.17, 15) is 22.8 Å². The summed E-state index contributed by atoms with van der Waals surface area (Å²) < 4.78 is 48.2. The van der Waals surface area contributed by atoms with Crippen LogP contribution in [-0.2, 0) is 11.3 Å². The molecule has 3 aromatic rings. The molecule has 2 amide bonds. The number of piperazine rings is 1. The molecule has 0 saturated carbocycles. The number of hydrazine groups is 1. The first kappa shape index (κ1) is 28.9. The Morgan fingerprint density at radius 3 is 2.58 bits per heavy atom. The van der Waals surface area contributed by atoms with Crippen LogP contribution in [0.25, 0.3) is 0 Å². The second kappa shape index (κ2) is 11.8. The topological polar surface area (TPSA) is 90.0 Å². The monoisotopic (exact) mass is 594 g/mol. The Labute approximate surface area is 247 Å². The number of hydrogen-bond acceptors (Lipinski definition) is 7. The molecule has 0 spiro atoms. The van der Waals surface area contributed by atoms with Crippen molar-refractivity contribution >= 4 is 17.6 Å². The SMILES string of the molecule is Cc1ccc(N2CCN(C(=O)c3cccc(OCC4c5ccccc5CN4C4CNNC(=O)C4C(F)(F)F)c3)CC2)nc1. The Hall–Kier alpha value is -4.16. The Morgan fingerprint density at radius 1 is 1.05 bits per heavy atom. The third kappa shape index (κ3) is 6.02. The van der Waals surface area contributed by atoms with E-state index in [2.05, 4.69) is 20.7 Å². The second-order valence-corrected chi connectivity index (χ2v) is 11.2. The molecular formula is C31H33F3N6O3. The molecule has 6 rings (SSSR count). The van der Waals surface area contributed by atoms with E-state index in [0.29, 0.717) is 37.5 Å². The number of amides is 2. The molecule has 1 aromatic heterocycles. The number of hydrogen-bond donors (Lipinski definition) is 2. The Kier molecular flexibility index (Phi) is 7.97. The molecular weight excluding hydrogens is 561 g/mol. The van der Waals surface area contributed by atoms with E-state index in [1.54, 1.807) is 34.1 Å². The standard InChI is InChI=1S/C31H33F3N6O3/c1-20-9-10-27(35-16-20)38-11-13-39(14-12-38)30(42)21-6-4-7-23(15-21)43-19-26-24-8-3-2-5-22(24)18-40(26)25-17-36-37-29(41)28(25)31(32,33)34/h2-10,15-16,25-26,28,36H,11-14,17-19H2,1H3,(H,37,41). The van der Waals surface area contributed by atoms with Crippen LogP contribution in [0.15, 0.2) is 66.9 Å². The number of nitrogens with zero attached hydrogens (tertiary/aromatic N) is 4. The maximum absolute atomic E-state index is 14.0. The average Bonchev–Trinajstić information content (AvgIpc) is 3.38. The van der Waals surface area contributed by atoms with Gasteiger partial charge in [-0.2, -0.15) is 13.2 Å². The molecule has 9 nitrogen and oxygen atoms in total. The van der Waals surface area contributed by atoms with E-state index in [-0.39, 0.29) is 25.6 Å². The Bertz CT molecular complexity index is 1480. The number of fused-ring (bicyclic) bond motifs is 1. The Balaban J connectivity index is 1.14. The minimum absolute atomic E-state index is 0.0551. The number of halogens is 3. The highest BCUT2D eigenvalue weighted by Gasteiger charge is 2.55. The number of nitrogens with one attached hydrogen (secondary N) is 2. The van der Waals surface area contributed by atoms with Crippen LogP contribution in [0.1, 0.15) is 33.1 Å². The van der Waals surface area contributed by atoms with Crippen LogP contribution in [0, 0.1) is 12.8 Å². The first-order valence-electron chi connectivity index (χ1n) is 14.3. The fraction of sp³-hybridized carbons (Fsp3) is 0.387. The predicted molar refractivity (Wildman–Crippen MR) is 153 cm³/mol. The van der Waals surface area contributed by atoms with Crippen LogP contribution in [-0.4, -0.2) is 78.1 Å². The van der Waals surface area contributed by atoms with E-state index >= 15 is 0 Å². The minimum atomic E-state index is -4.70. The van der Waals surface area contributed by atoms with Gasteiger partial charge in [0.1, 0.15) is 18.2 Å². The van der Waals surface area contributed by atoms with E-state index < -0.39 is 30.1 Å². The molecule has 43 heavy (non-hydrogen) atoms. The number of ether oxygens (including phenoxy) is 1. The Morgan fingerprint density at radius 2 is 1.84 bits per heavy atom. The zero-order chi connectivity index (χ0) is 30.1. The maximum atomic E-state index is 14.0. The van der Waals surface area contributed by atoms with E-state index in [1.165, 1.54) is 0 Å². The molecule has 226 valence electrons. The third-order valence-electron chi connectivity index (χ3n) is 8.41. The molecule has 0 radical (unpaired) electrons. The number of aromatic nitrogens is 1. The van der Waals surface area contributed by atoms with Crippen LogP contribution < -0.4 is 20.5 Å². The van der Waals surface area contributed by atoms with E-state index in [4.69, 9.17) is 4.74 Å². The van der Waals surface area contributed by atoms with Gasteiger partial charge in [-0.3, -0.25) is 19.9 Å². The van der Waals surface area contributed by atoms with Gasteiger partial charge in [-0.25, -0.2) is 10.4 Å². The zero-order valence-corrected chi connectivity index (χ0v) is 23.7. The van der Waals surface area contributed by atoms with Gasteiger partial charge in [0, 0.05) is 57.1 Å². The number of aryl methyl sites for hydroxylation is 1. The molecule has 0 bridgehead atoms. The summed E-state index contributed by atoms with van der Waals surface area (Å²) in [5.41, 5.74) is 8.08. The first-order chi connectivity index (χ1) is 20.7. The number of carbonyl (C=O) groups is 2. The second-order valence-electron chi connectivity index (χ2n) is 11.2. The molecule has 0 aliphatic carbocycles. The highest BCUT2D eigenvalue weighted by molar-refractivity contribution is 5.94. The highest BCUT2D eigenvalue weighted by Crippen LogP contribution is 2.41. The summed E-state index contributed by atoms with van der Waals surface area (Å²) in [7, 11) is 0. The lowest BCUT2D eigenvalue weighted by Crippen LogP contribution is -2.64. The quantitative estimate of drug-likeness (QED) is 0.452. The number of carbonyl (C=O) groups excluding carboxylic acids is 2. The maximum Gasteiger partial charge on any atom is 0.402 e. The van der Waals surface area contributed by atoms with Crippen LogP contribution in [0.2, 0.25) is 0 Å². The van der Waals surface area contributed by atoms with Gasteiger partial charge in [-0.15, -0.1) is 0 Å². The van der Waals surface area contributed by atoms with Gasteiger partial charge in [0.25, 0.3) is 5.91 Å². The summed E-state index contributed by atoms with van der Waals surface area (Å²) in [6, 6.07) is 16.7. The van der Waals surface area contributed by atoms with Gasteiger partial charge >= 0.3 is 6.18 Å². The average molecular weight is 595 g/mol. The summed E-state index contributed by atoms with van der Waals surface area (Å²) in [6.45, 7) is 4.69. The molecule has 2 N–H and O–H groups in total. The van der Waals surface area contributed by atoms with Crippen molar-refractivity contribution in [1.82, 2.24) is 25.6 Å². The van der Waals surface area contributed by atoms with Gasteiger partial charge < -0.3 is 14.5 Å². The van der Waals surface area contributed by atoms with Crippen LogP contribution in [0.4, 0.5) is 19.0 Å². The predicted octanol–water partition coefficient (Wildman–Crippen LogP) is 3.47. The molecule has 2 aromatic carbocycles. The highest BCUT2D eigenvalue weighted by atomic mass is 19.4. The minimum Gasteiger partial charge on any atom is -0.492 e. The smallest absolute Gasteiger partial charge is 0.402 e. The summed E-state index contributed by atoms with van der Waals surface area (Å²) in [6.07, 6.45) is -2.87. The number of rotatable bonds is 6. The normalized spacial score (nSPS) is 22.7. The van der Waals surface area contributed by atoms with Crippen molar-refractivity contribution in [1.29, 1.82) is 0 Å². The number of alkyl halides is 3. The van der Waals surface area contributed by atoms with Crippen molar-refractivity contribution in [2.45, 2.75) is 31.7 Å². The molecule has 12 heteroatoms. The summed E-state index contributed by atoms with van der Waals surface area (Å²) in [5, 5.41) is 0. The molecule has 3 unspecified atom stereocenters. The number of anilines is 1. The summed E-state index contributed by atoms with van der Waals surface area (Å²) in [5.74, 6) is -2.04. The first-order valence-corrected chi connectivity index (χ1v) is 14.3. The van der Waals surface area contributed by atoms with Gasteiger partial charge in [0.15, 0.2) is 5.92 Å². The van der Waals surface area contributed by atoms with Crippen LogP contribution in [0.5, 0.6) is 5.75 Å². The van der Waals surface area contributed by atoms with E-state index in [0.717, 1.165) is 22.5 Å². The van der Waals surface area contributed by atoms with Crippen molar-refractivity contribution in [3.8, 4) is 5.75 Å². The number of benzene rings is 2.